The van der Waals surface area contributed by atoms with Crippen LogP contribution in [0.1, 0.15) is 28.7 Å². The van der Waals surface area contributed by atoms with Gasteiger partial charge in [-0.15, -0.1) is 0 Å². The number of ketones is 1. The van der Waals surface area contributed by atoms with Crippen molar-refractivity contribution in [2.45, 2.75) is 27.3 Å². The minimum absolute atomic E-state index is 0.00834. The molecule has 6 nitrogen and oxygen atoms in total. The summed E-state index contributed by atoms with van der Waals surface area (Å²) in [6, 6.07) is 6.76. The first-order chi connectivity index (χ1) is 9.88. The maximum atomic E-state index is 12.0. The number of aryl methyl sites for hydroxylation is 1. The molecule has 0 aliphatic rings. The SMILES string of the molecule is CC(=O)c1ccc(NC(=O)Cn2nc(C)c(N)c2C)cc1. The van der Waals surface area contributed by atoms with Gasteiger partial charge in [-0.2, -0.15) is 5.10 Å². The monoisotopic (exact) mass is 286 g/mol. The zero-order chi connectivity index (χ0) is 15.6. The molecule has 0 atom stereocenters. The van der Waals surface area contributed by atoms with Gasteiger partial charge in [-0.3, -0.25) is 14.3 Å². The number of anilines is 2. The van der Waals surface area contributed by atoms with Crippen LogP contribution in [0.3, 0.4) is 0 Å². The highest BCUT2D eigenvalue weighted by Crippen LogP contribution is 2.15. The standard InChI is InChI=1S/C15H18N4O2/c1-9-15(16)10(2)19(18-9)8-14(21)17-13-6-4-12(5-7-13)11(3)20/h4-7H,8,16H2,1-3H3,(H,17,21). The van der Waals surface area contributed by atoms with E-state index in [1.807, 2.05) is 6.92 Å². The molecule has 0 bridgehead atoms. The van der Waals surface area contributed by atoms with Crippen LogP contribution in [0.5, 0.6) is 0 Å². The molecule has 21 heavy (non-hydrogen) atoms. The lowest BCUT2D eigenvalue weighted by molar-refractivity contribution is -0.116. The summed E-state index contributed by atoms with van der Waals surface area (Å²) in [5.41, 5.74) is 9.17. The molecule has 3 N–H and O–H groups in total. The van der Waals surface area contributed by atoms with Gasteiger partial charge in [-0.25, -0.2) is 0 Å². The fourth-order valence-electron chi connectivity index (χ4n) is 1.99. The molecule has 1 heterocycles. The highest BCUT2D eigenvalue weighted by Gasteiger charge is 2.11. The largest absolute Gasteiger partial charge is 0.396 e. The number of nitrogen functional groups attached to an aromatic ring is 1. The van der Waals surface area contributed by atoms with Crippen molar-refractivity contribution in [3.05, 3.63) is 41.2 Å². The van der Waals surface area contributed by atoms with Gasteiger partial charge >= 0.3 is 0 Å². The van der Waals surface area contributed by atoms with Crippen LogP contribution in [0.4, 0.5) is 11.4 Å². The van der Waals surface area contributed by atoms with Gasteiger partial charge in [0.25, 0.3) is 0 Å². The summed E-state index contributed by atoms with van der Waals surface area (Å²) >= 11 is 0. The van der Waals surface area contributed by atoms with Crippen LogP contribution >= 0.6 is 0 Å². The normalized spacial score (nSPS) is 10.4. The van der Waals surface area contributed by atoms with Crippen molar-refractivity contribution in [2.24, 2.45) is 0 Å². The minimum atomic E-state index is -0.198. The molecular formula is C15H18N4O2. The average Bonchev–Trinajstić information content (AvgIpc) is 2.67. The molecule has 110 valence electrons. The molecule has 0 saturated heterocycles. The minimum Gasteiger partial charge on any atom is -0.396 e. The number of amides is 1. The van der Waals surface area contributed by atoms with Crippen molar-refractivity contribution in [3.63, 3.8) is 0 Å². The number of hydrogen-bond donors (Lipinski definition) is 2. The Morgan fingerprint density at radius 2 is 1.86 bits per heavy atom. The van der Waals surface area contributed by atoms with Gasteiger partial charge in [-0.1, -0.05) is 0 Å². The Kier molecular flexibility index (Phi) is 4.07. The van der Waals surface area contributed by atoms with Gasteiger partial charge in [0.1, 0.15) is 6.54 Å². The fraction of sp³-hybridized carbons (Fsp3) is 0.267. The Hall–Kier alpha value is -2.63. The third kappa shape index (κ3) is 3.28. The number of carbonyl (C=O) groups excluding carboxylic acids is 2. The van der Waals surface area contributed by atoms with Crippen molar-refractivity contribution in [2.75, 3.05) is 11.1 Å². The molecular weight excluding hydrogens is 268 g/mol. The number of benzene rings is 1. The smallest absolute Gasteiger partial charge is 0.246 e. The van der Waals surface area contributed by atoms with E-state index in [0.29, 0.717) is 22.6 Å². The number of nitrogens with zero attached hydrogens (tertiary/aromatic N) is 2. The van der Waals surface area contributed by atoms with Crippen molar-refractivity contribution in [1.29, 1.82) is 0 Å². The average molecular weight is 286 g/mol. The topological polar surface area (TPSA) is 90.0 Å². The third-order valence-corrected chi connectivity index (χ3v) is 3.31. The lowest BCUT2D eigenvalue weighted by Crippen LogP contribution is -2.20. The van der Waals surface area contributed by atoms with E-state index in [2.05, 4.69) is 10.4 Å². The van der Waals surface area contributed by atoms with E-state index in [1.54, 1.807) is 35.9 Å². The highest BCUT2D eigenvalue weighted by atomic mass is 16.2. The zero-order valence-corrected chi connectivity index (χ0v) is 12.3. The van der Waals surface area contributed by atoms with Crippen LogP contribution in [-0.4, -0.2) is 21.5 Å². The van der Waals surface area contributed by atoms with Gasteiger partial charge in [0.15, 0.2) is 5.78 Å². The molecule has 0 unspecified atom stereocenters. The van der Waals surface area contributed by atoms with Crippen LogP contribution < -0.4 is 11.1 Å². The quantitative estimate of drug-likeness (QED) is 0.840. The maximum absolute atomic E-state index is 12.0. The second kappa shape index (κ2) is 5.78. The lowest BCUT2D eigenvalue weighted by Gasteiger charge is -2.07. The number of aromatic nitrogens is 2. The summed E-state index contributed by atoms with van der Waals surface area (Å²) in [6.07, 6.45) is 0. The van der Waals surface area contributed by atoms with Crippen molar-refractivity contribution in [3.8, 4) is 0 Å². The van der Waals surface area contributed by atoms with E-state index in [0.717, 1.165) is 5.69 Å². The first kappa shape index (κ1) is 14.8. The summed E-state index contributed by atoms with van der Waals surface area (Å²) in [4.78, 5) is 23.2. The summed E-state index contributed by atoms with van der Waals surface area (Å²) in [6.45, 7) is 5.22. The van der Waals surface area contributed by atoms with E-state index in [1.165, 1.54) is 6.92 Å². The van der Waals surface area contributed by atoms with Gasteiger partial charge in [-0.05, 0) is 45.0 Å². The molecule has 0 fully saturated rings. The molecule has 0 aliphatic heterocycles. The fourth-order valence-corrected chi connectivity index (χ4v) is 1.99. The molecule has 0 saturated carbocycles. The van der Waals surface area contributed by atoms with Crippen molar-refractivity contribution < 1.29 is 9.59 Å². The van der Waals surface area contributed by atoms with Gasteiger partial charge in [0.05, 0.1) is 17.1 Å². The number of nitrogens with one attached hydrogen (secondary N) is 1. The predicted molar refractivity (Wildman–Crippen MR) is 81.2 cm³/mol. The molecule has 0 spiro atoms. The van der Waals surface area contributed by atoms with E-state index in [-0.39, 0.29) is 18.2 Å². The van der Waals surface area contributed by atoms with Crippen LogP contribution in [-0.2, 0) is 11.3 Å². The molecule has 1 aromatic heterocycles. The second-order valence-corrected chi connectivity index (χ2v) is 4.92. The van der Waals surface area contributed by atoms with Gasteiger partial charge in [0, 0.05) is 11.3 Å². The first-order valence-corrected chi connectivity index (χ1v) is 6.59. The second-order valence-electron chi connectivity index (χ2n) is 4.92. The molecule has 1 amide bonds. The molecule has 1 aromatic carbocycles. The lowest BCUT2D eigenvalue weighted by atomic mass is 10.1. The van der Waals surface area contributed by atoms with Gasteiger partial charge in [0.2, 0.25) is 5.91 Å². The summed E-state index contributed by atoms with van der Waals surface area (Å²) in [5, 5.41) is 6.98. The van der Waals surface area contributed by atoms with Crippen molar-refractivity contribution in [1.82, 2.24) is 9.78 Å². The summed E-state index contributed by atoms with van der Waals surface area (Å²) in [5.74, 6) is -0.206. The highest BCUT2D eigenvalue weighted by molar-refractivity contribution is 5.95. The number of rotatable bonds is 4. The Balaban J connectivity index is 2.04. The van der Waals surface area contributed by atoms with Crippen LogP contribution in [0, 0.1) is 13.8 Å². The number of carbonyl (C=O) groups is 2. The van der Waals surface area contributed by atoms with Crippen molar-refractivity contribution >= 4 is 23.1 Å². The van der Waals surface area contributed by atoms with E-state index >= 15 is 0 Å². The van der Waals surface area contributed by atoms with Crippen LogP contribution in [0.2, 0.25) is 0 Å². The maximum Gasteiger partial charge on any atom is 0.246 e. The predicted octanol–water partition coefficient (Wildman–Crippen LogP) is 1.92. The Bertz CT molecular complexity index is 686. The number of hydrogen-bond acceptors (Lipinski definition) is 4. The summed E-state index contributed by atoms with van der Waals surface area (Å²) in [7, 11) is 0. The Morgan fingerprint density at radius 1 is 1.24 bits per heavy atom. The molecule has 2 aromatic rings. The zero-order valence-electron chi connectivity index (χ0n) is 12.3. The number of nitrogens with two attached hydrogens (primary N) is 1. The number of Topliss-reactive ketones (excluding diaryl/α,β-unsaturated/α-hetero) is 1. The van der Waals surface area contributed by atoms with Gasteiger partial charge < -0.3 is 11.1 Å². The molecule has 0 aliphatic carbocycles. The van der Waals surface area contributed by atoms with E-state index in [9.17, 15) is 9.59 Å². The van der Waals surface area contributed by atoms with Crippen LogP contribution in [0.15, 0.2) is 24.3 Å². The Morgan fingerprint density at radius 3 is 2.33 bits per heavy atom. The first-order valence-electron chi connectivity index (χ1n) is 6.59. The Labute approximate surface area is 122 Å². The molecule has 2 rings (SSSR count). The summed E-state index contributed by atoms with van der Waals surface area (Å²) < 4.78 is 1.57. The van der Waals surface area contributed by atoms with E-state index < -0.39 is 0 Å². The van der Waals surface area contributed by atoms with E-state index in [4.69, 9.17) is 5.73 Å². The molecule has 6 heteroatoms. The van der Waals surface area contributed by atoms with Crippen LogP contribution in [0.25, 0.3) is 0 Å². The molecule has 0 radical (unpaired) electrons. The third-order valence-electron chi connectivity index (χ3n) is 3.31.